The van der Waals surface area contributed by atoms with E-state index in [1.807, 2.05) is 19.9 Å². The molecule has 0 unspecified atom stereocenters. The van der Waals surface area contributed by atoms with Crippen LogP contribution in [0, 0.1) is 13.8 Å². The van der Waals surface area contributed by atoms with Gasteiger partial charge in [0.25, 0.3) is 0 Å². The predicted octanol–water partition coefficient (Wildman–Crippen LogP) is -3.72. The summed E-state index contributed by atoms with van der Waals surface area (Å²) in [6, 6.07) is 1.87. The number of rotatable bonds is 2. The van der Waals surface area contributed by atoms with Gasteiger partial charge in [-0.2, -0.15) is 9.36 Å². The van der Waals surface area contributed by atoms with Crippen molar-refractivity contribution in [3.63, 3.8) is 0 Å². The number of aromatic amines is 1. The monoisotopic (exact) mass is 204 g/mol. The van der Waals surface area contributed by atoms with Gasteiger partial charge in [-0.05, 0) is 13.8 Å². The molecule has 0 radical (unpaired) electrons. The van der Waals surface area contributed by atoms with Crippen LogP contribution >= 0.6 is 0 Å². The lowest BCUT2D eigenvalue weighted by Crippen LogP contribution is -3.00. The topological polar surface area (TPSA) is 57.0 Å². The van der Waals surface area contributed by atoms with Gasteiger partial charge in [0.2, 0.25) is 0 Å². The summed E-state index contributed by atoms with van der Waals surface area (Å²) in [7, 11) is 0. The van der Waals surface area contributed by atoms with Crippen molar-refractivity contribution in [3.8, 4) is 0 Å². The third kappa shape index (κ3) is 2.82. The van der Waals surface area contributed by atoms with Gasteiger partial charge in [0.1, 0.15) is 17.9 Å². The summed E-state index contributed by atoms with van der Waals surface area (Å²) in [5.74, 6) is 0. The molecule has 13 heavy (non-hydrogen) atoms. The second-order valence-electron chi connectivity index (χ2n) is 2.77. The summed E-state index contributed by atoms with van der Waals surface area (Å²) in [5.41, 5.74) is 1.54. The Kier molecular flexibility index (Phi) is 4.66. The zero-order valence-corrected chi connectivity index (χ0v) is 8.43. The number of hydrogen-bond donors (Lipinski definition) is 2. The van der Waals surface area contributed by atoms with Crippen LogP contribution in [0.1, 0.15) is 11.4 Å². The van der Waals surface area contributed by atoms with E-state index >= 15 is 0 Å². The number of aliphatic hydroxyl groups excluding tert-OH is 1. The zero-order valence-electron chi connectivity index (χ0n) is 7.67. The molecule has 0 aliphatic carbocycles. The molecular formula is C8H13ClN2O2. The first-order chi connectivity index (χ1) is 5.65. The fourth-order valence-electron chi connectivity index (χ4n) is 1.20. The molecule has 0 aliphatic rings. The van der Waals surface area contributed by atoms with Gasteiger partial charge in [-0.1, -0.05) is 0 Å². The van der Waals surface area contributed by atoms with Crippen molar-refractivity contribution >= 4 is 0 Å². The maximum absolute atomic E-state index is 11.2. The van der Waals surface area contributed by atoms with E-state index in [1.54, 1.807) is 0 Å². The molecule has 0 atom stereocenters. The number of hydrogen-bond acceptors (Lipinski definition) is 2. The average Bonchev–Trinajstić information content (AvgIpc) is 1.96. The Morgan fingerprint density at radius 2 is 2.15 bits per heavy atom. The van der Waals surface area contributed by atoms with E-state index in [2.05, 4.69) is 4.98 Å². The van der Waals surface area contributed by atoms with Crippen LogP contribution in [0.25, 0.3) is 0 Å². The number of nitrogens with one attached hydrogen (secondary N) is 1. The minimum atomic E-state index is -0.165. The van der Waals surface area contributed by atoms with Gasteiger partial charge in [-0.25, -0.2) is 4.98 Å². The average molecular weight is 205 g/mol. The number of aryl methyl sites for hydroxylation is 2. The molecule has 0 saturated carbocycles. The molecule has 5 heteroatoms. The van der Waals surface area contributed by atoms with Crippen LogP contribution in [0.2, 0.25) is 0 Å². The van der Waals surface area contributed by atoms with Gasteiger partial charge >= 0.3 is 5.69 Å². The molecule has 0 aromatic carbocycles. The van der Waals surface area contributed by atoms with Crippen molar-refractivity contribution in [2.75, 3.05) is 6.61 Å². The summed E-state index contributed by atoms with van der Waals surface area (Å²) in [4.78, 5) is 13.9. The lowest BCUT2D eigenvalue weighted by molar-refractivity contribution is -0.720. The third-order valence-electron chi connectivity index (χ3n) is 1.72. The van der Waals surface area contributed by atoms with E-state index in [0.29, 0.717) is 6.54 Å². The fourth-order valence-corrected chi connectivity index (χ4v) is 1.20. The molecule has 4 nitrogen and oxygen atoms in total. The van der Waals surface area contributed by atoms with Gasteiger partial charge in [0.15, 0.2) is 0 Å². The van der Waals surface area contributed by atoms with Crippen LogP contribution in [0.4, 0.5) is 0 Å². The molecule has 1 aromatic rings. The summed E-state index contributed by atoms with van der Waals surface area (Å²) >= 11 is 0. The molecule has 2 N–H and O–H groups in total. The van der Waals surface area contributed by atoms with E-state index in [0.717, 1.165) is 11.4 Å². The van der Waals surface area contributed by atoms with Crippen LogP contribution in [0.3, 0.4) is 0 Å². The molecule has 0 fully saturated rings. The first kappa shape index (κ1) is 12.1. The highest BCUT2D eigenvalue weighted by molar-refractivity contribution is 4.99. The fraction of sp³-hybridized carbons (Fsp3) is 0.500. The number of nitrogens with zero attached hydrogens (tertiary/aromatic N) is 1. The van der Waals surface area contributed by atoms with Crippen LogP contribution < -0.4 is 22.7 Å². The van der Waals surface area contributed by atoms with Crippen LogP contribution in [-0.2, 0) is 6.54 Å². The van der Waals surface area contributed by atoms with Gasteiger partial charge in [-0.3, -0.25) is 0 Å². The van der Waals surface area contributed by atoms with E-state index in [1.165, 1.54) is 4.57 Å². The van der Waals surface area contributed by atoms with Crippen LogP contribution in [0.15, 0.2) is 10.9 Å². The van der Waals surface area contributed by atoms with E-state index in [9.17, 15) is 4.79 Å². The normalized spacial score (nSPS) is 9.46. The molecule has 0 bridgehead atoms. The maximum Gasteiger partial charge on any atom is 0.496 e. The number of aromatic nitrogens is 2. The Morgan fingerprint density at radius 3 is 2.62 bits per heavy atom. The number of halogens is 1. The molecule has 0 saturated heterocycles. The van der Waals surface area contributed by atoms with Crippen molar-refractivity contribution in [2.24, 2.45) is 0 Å². The minimum absolute atomic E-state index is 0. The summed E-state index contributed by atoms with van der Waals surface area (Å²) < 4.78 is 1.51. The Labute approximate surface area is 82.6 Å². The maximum atomic E-state index is 11.2. The van der Waals surface area contributed by atoms with E-state index in [-0.39, 0.29) is 24.7 Å². The SMILES string of the molecule is Cc1cc(C)[n+](CCO)c(=O)[nH]1.[Cl-]. The summed E-state index contributed by atoms with van der Waals surface area (Å²) in [6.07, 6.45) is 0. The lowest BCUT2D eigenvalue weighted by Gasteiger charge is -1.99. The van der Waals surface area contributed by atoms with E-state index < -0.39 is 0 Å². The molecular weight excluding hydrogens is 192 g/mol. The molecule has 1 heterocycles. The van der Waals surface area contributed by atoms with Gasteiger partial charge < -0.3 is 17.5 Å². The molecule has 0 aliphatic heterocycles. The number of aliphatic hydroxyl groups is 1. The van der Waals surface area contributed by atoms with E-state index in [4.69, 9.17) is 5.11 Å². The standard InChI is InChI=1S/C8H12N2O2.ClH/c1-6-5-7(2)10(3-4-11)8(12)9-6;/h5,11H,3-4H2,1-2H3;1H. The first-order valence-corrected chi connectivity index (χ1v) is 3.86. The lowest BCUT2D eigenvalue weighted by atomic mass is 10.3. The summed E-state index contributed by atoms with van der Waals surface area (Å²) in [5, 5.41) is 8.66. The molecule has 1 rings (SSSR count). The molecule has 74 valence electrons. The Bertz CT molecular complexity index is 335. The second kappa shape index (κ2) is 4.99. The molecule has 0 spiro atoms. The second-order valence-corrected chi connectivity index (χ2v) is 2.77. The molecule has 1 aromatic heterocycles. The van der Waals surface area contributed by atoms with Crippen LogP contribution in [0.5, 0.6) is 0 Å². The summed E-state index contributed by atoms with van der Waals surface area (Å²) in [6.45, 7) is 4.01. The Morgan fingerprint density at radius 1 is 1.54 bits per heavy atom. The Hall–Kier alpha value is -0.870. The highest BCUT2D eigenvalue weighted by Crippen LogP contribution is 1.88. The Balaban J connectivity index is 0.00000144. The minimum Gasteiger partial charge on any atom is -1.00 e. The van der Waals surface area contributed by atoms with Gasteiger partial charge in [-0.15, -0.1) is 0 Å². The van der Waals surface area contributed by atoms with Gasteiger partial charge in [0.05, 0.1) is 6.61 Å². The van der Waals surface area contributed by atoms with Crippen molar-refractivity contribution in [1.82, 2.24) is 4.98 Å². The van der Waals surface area contributed by atoms with Crippen molar-refractivity contribution < 1.29 is 22.1 Å². The third-order valence-corrected chi connectivity index (χ3v) is 1.72. The highest BCUT2D eigenvalue weighted by Gasteiger charge is 2.08. The van der Waals surface area contributed by atoms with Gasteiger partial charge in [0, 0.05) is 6.07 Å². The van der Waals surface area contributed by atoms with Crippen molar-refractivity contribution in [3.05, 3.63) is 27.9 Å². The van der Waals surface area contributed by atoms with Crippen molar-refractivity contribution in [1.29, 1.82) is 0 Å². The quantitative estimate of drug-likeness (QED) is 0.487. The predicted molar refractivity (Wildman–Crippen MR) is 43.8 cm³/mol. The smallest absolute Gasteiger partial charge is 0.496 e. The largest absolute Gasteiger partial charge is 1.00 e. The molecule has 0 amide bonds. The first-order valence-electron chi connectivity index (χ1n) is 3.86. The number of H-pyrrole nitrogens is 1. The zero-order chi connectivity index (χ0) is 9.14. The van der Waals surface area contributed by atoms with Crippen molar-refractivity contribution in [2.45, 2.75) is 20.4 Å². The van der Waals surface area contributed by atoms with Crippen LogP contribution in [-0.4, -0.2) is 16.7 Å². The highest BCUT2D eigenvalue weighted by atomic mass is 35.5.